The van der Waals surface area contributed by atoms with Crippen molar-refractivity contribution < 1.29 is 0 Å². The first-order chi connectivity index (χ1) is 9.19. The molecule has 19 heavy (non-hydrogen) atoms. The summed E-state index contributed by atoms with van der Waals surface area (Å²) in [6, 6.07) is 8.21. The molecule has 1 N–H and O–H groups in total. The van der Waals surface area contributed by atoms with E-state index in [-0.39, 0.29) is 5.50 Å². The fourth-order valence-electron chi connectivity index (χ4n) is 2.05. The first-order valence-corrected chi connectivity index (χ1v) is 7.34. The predicted molar refractivity (Wildman–Crippen MR) is 78.1 cm³/mol. The number of nitrogens with one attached hydrogen (secondary N) is 1. The van der Waals surface area contributed by atoms with Crippen LogP contribution in [0, 0.1) is 6.92 Å². The summed E-state index contributed by atoms with van der Waals surface area (Å²) in [5, 5.41) is 8.88. The van der Waals surface area contributed by atoms with Crippen molar-refractivity contribution in [3.8, 4) is 11.4 Å². The second-order valence-corrected chi connectivity index (χ2v) is 5.41. The van der Waals surface area contributed by atoms with E-state index < -0.39 is 0 Å². The zero-order valence-electron chi connectivity index (χ0n) is 11.1. The number of hydrogen-bond acceptors (Lipinski definition) is 5. The van der Waals surface area contributed by atoms with E-state index in [0.717, 1.165) is 22.9 Å². The number of aromatic nitrogens is 3. The van der Waals surface area contributed by atoms with Crippen LogP contribution in [0.1, 0.15) is 23.8 Å². The number of thioether (sulfide) groups is 1. The van der Waals surface area contributed by atoms with Gasteiger partial charge < -0.3 is 0 Å². The van der Waals surface area contributed by atoms with Gasteiger partial charge in [-0.25, -0.2) is 9.67 Å². The fourth-order valence-corrected chi connectivity index (χ4v) is 2.55. The molecule has 2 aromatic rings. The fraction of sp³-hybridized carbons (Fsp3) is 0.308. The Morgan fingerprint density at radius 2 is 2.16 bits per heavy atom. The van der Waals surface area contributed by atoms with E-state index in [1.54, 1.807) is 11.8 Å². The van der Waals surface area contributed by atoms with Gasteiger partial charge in [-0.1, -0.05) is 23.8 Å². The highest BCUT2D eigenvalue weighted by Gasteiger charge is 2.23. The molecule has 0 fully saturated rings. The molecule has 0 radical (unpaired) electrons. The molecule has 3 rings (SSSR count). The summed E-state index contributed by atoms with van der Waals surface area (Å²) in [6.07, 6.45) is 2.02. The molecule has 5 nitrogen and oxygen atoms in total. The molecule has 0 bridgehead atoms. The Morgan fingerprint density at radius 1 is 1.32 bits per heavy atom. The van der Waals surface area contributed by atoms with Gasteiger partial charge in [-0.3, -0.25) is 5.43 Å². The Morgan fingerprint density at radius 3 is 2.89 bits per heavy atom. The predicted octanol–water partition coefficient (Wildman–Crippen LogP) is 2.40. The summed E-state index contributed by atoms with van der Waals surface area (Å²) >= 11 is 1.64. The maximum absolute atomic E-state index is 4.61. The van der Waals surface area contributed by atoms with E-state index >= 15 is 0 Å². The minimum absolute atomic E-state index is 0.00441. The van der Waals surface area contributed by atoms with Crippen molar-refractivity contribution in [2.45, 2.75) is 19.3 Å². The van der Waals surface area contributed by atoms with E-state index in [2.05, 4.69) is 39.7 Å². The highest BCUT2D eigenvalue weighted by Crippen LogP contribution is 2.24. The molecule has 0 spiro atoms. The van der Waals surface area contributed by atoms with E-state index in [4.69, 9.17) is 0 Å². The second-order valence-electron chi connectivity index (χ2n) is 4.49. The summed E-state index contributed by atoms with van der Waals surface area (Å²) in [5.41, 5.74) is 6.17. The van der Waals surface area contributed by atoms with Crippen molar-refractivity contribution in [3.63, 3.8) is 0 Å². The standard InChI is InChI=1S/C13H15N5S/c1-8-5-4-6-10(7-8)11-14-12-9(2)15-16-13(19-3)18(12)17-11/h4-7,13,16H,1-3H3. The van der Waals surface area contributed by atoms with E-state index in [1.807, 2.05) is 30.0 Å². The van der Waals surface area contributed by atoms with Crippen LogP contribution in [0.15, 0.2) is 29.4 Å². The minimum atomic E-state index is 0.00441. The van der Waals surface area contributed by atoms with E-state index in [9.17, 15) is 0 Å². The molecule has 2 heterocycles. The van der Waals surface area contributed by atoms with Gasteiger partial charge in [0.2, 0.25) is 0 Å². The SMILES string of the molecule is CSC1NN=C(C)c2nc(-c3cccc(C)c3)nn21. The van der Waals surface area contributed by atoms with Crippen LogP contribution < -0.4 is 5.43 Å². The molecule has 0 aliphatic carbocycles. The topological polar surface area (TPSA) is 55.1 Å². The number of benzene rings is 1. The van der Waals surface area contributed by atoms with Crippen molar-refractivity contribution in [2.75, 3.05) is 6.26 Å². The summed E-state index contributed by atoms with van der Waals surface area (Å²) in [7, 11) is 0. The highest BCUT2D eigenvalue weighted by atomic mass is 32.2. The van der Waals surface area contributed by atoms with Crippen LogP contribution in [0.25, 0.3) is 11.4 Å². The molecule has 98 valence electrons. The van der Waals surface area contributed by atoms with Crippen LogP contribution in [0.5, 0.6) is 0 Å². The van der Waals surface area contributed by atoms with Crippen LogP contribution in [0.2, 0.25) is 0 Å². The molecule has 1 aromatic heterocycles. The van der Waals surface area contributed by atoms with Crippen molar-refractivity contribution in [1.29, 1.82) is 0 Å². The van der Waals surface area contributed by atoms with Gasteiger partial charge in [0.15, 0.2) is 17.1 Å². The number of nitrogens with zero attached hydrogens (tertiary/aromatic N) is 4. The molecule has 1 unspecified atom stereocenters. The van der Waals surface area contributed by atoms with Crippen LogP contribution in [0.4, 0.5) is 0 Å². The summed E-state index contributed by atoms with van der Waals surface area (Å²) in [5.74, 6) is 1.57. The first kappa shape index (κ1) is 12.2. The third-order valence-electron chi connectivity index (χ3n) is 3.02. The zero-order valence-corrected chi connectivity index (χ0v) is 11.9. The van der Waals surface area contributed by atoms with Gasteiger partial charge in [-0.15, -0.1) is 16.9 Å². The van der Waals surface area contributed by atoms with Crippen molar-refractivity contribution >= 4 is 17.5 Å². The van der Waals surface area contributed by atoms with Gasteiger partial charge in [0.25, 0.3) is 0 Å². The van der Waals surface area contributed by atoms with Crippen LogP contribution in [0.3, 0.4) is 0 Å². The Bertz CT molecular complexity index is 646. The Labute approximate surface area is 116 Å². The van der Waals surface area contributed by atoms with Gasteiger partial charge >= 0.3 is 0 Å². The molecule has 1 aromatic carbocycles. The van der Waals surface area contributed by atoms with E-state index in [1.165, 1.54) is 5.56 Å². The molecular weight excluding hydrogens is 258 g/mol. The Hall–Kier alpha value is -1.82. The van der Waals surface area contributed by atoms with Gasteiger partial charge in [0.05, 0.1) is 0 Å². The molecule has 1 atom stereocenters. The number of hydrazone groups is 1. The van der Waals surface area contributed by atoms with Crippen LogP contribution >= 0.6 is 11.8 Å². The average Bonchev–Trinajstić information content (AvgIpc) is 2.85. The molecule has 0 saturated carbocycles. The van der Waals surface area contributed by atoms with Crippen LogP contribution in [-0.2, 0) is 0 Å². The largest absolute Gasteiger partial charge is 0.276 e. The molecule has 1 aliphatic heterocycles. The third kappa shape index (κ3) is 2.12. The zero-order chi connectivity index (χ0) is 13.4. The molecular formula is C13H15N5S. The number of aryl methyl sites for hydroxylation is 1. The van der Waals surface area contributed by atoms with Gasteiger partial charge in [0, 0.05) is 5.56 Å². The summed E-state index contributed by atoms with van der Waals surface area (Å²) < 4.78 is 1.89. The van der Waals surface area contributed by atoms with Crippen molar-refractivity contribution in [1.82, 2.24) is 20.2 Å². The Kier molecular flexibility index (Phi) is 3.02. The Balaban J connectivity index is 2.09. The van der Waals surface area contributed by atoms with Gasteiger partial charge in [0.1, 0.15) is 5.71 Å². The molecule has 6 heteroatoms. The smallest absolute Gasteiger partial charge is 0.185 e. The quantitative estimate of drug-likeness (QED) is 0.913. The molecule has 1 aliphatic rings. The third-order valence-corrected chi connectivity index (χ3v) is 3.77. The lowest BCUT2D eigenvalue weighted by Gasteiger charge is -2.20. The first-order valence-electron chi connectivity index (χ1n) is 6.05. The van der Waals surface area contributed by atoms with Gasteiger partial charge in [-0.05, 0) is 26.2 Å². The van der Waals surface area contributed by atoms with Crippen molar-refractivity contribution in [3.05, 3.63) is 35.7 Å². The minimum Gasteiger partial charge on any atom is -0.276 e. The molecule has 0 amide bonds. The van der Waals surface area contributed by atoms with Crippen LogP contribution in [-0.4, -0.2) is 26.7 Å². The van der Waals surface area contributed by atoms with Gasteiger partial charge in [-0.2, -0.15) is 5.10 Å². The number of hydrogen-bond donors (Lipinski definition) is 1. The highest BCUT2D eigenvalue weighted by molar-refractivity contribution is 7.98. The number of fused-ring (bicyclic) bond motifs is 1. The lowest BCUT2D eigenvalue weighted by molar-refractivity contribution is 0.493. The monoisotopic (exact) mass is 273 g/mol. The normalized spacial score (nSPS) is 17.6. The lowest BCUT2D eigenvalue weighted by Crippen LogP contribution is -2.29. The summed E-state index contributed by atoms with van der Waals surface area (Å²) in [4.78, 5) is 4.61. The number of rotatable bonds is 2. The summed E-state index contributed by atoms with van der Waals surface area (Å²) in [6.45, 7) is 4.00. The second kappa shape index (κ2) is 4.70. The molecule has 0 saturated heterocycles. The average molecular weight is 273 g/mol. The maximum Gasteiger partial charge on any atom is 0.185 e. The lowest BCUT2D eigenvalue weighted by atomic mass is 10.1. The maximum atomic E-state index is 4.61. The van der Waals surface area contributed by atoms with Crippen molar-refractivity contribution in [2.24, 2.45) is 5.10 Å². The van der Waals surface area contributed by atoms with E-state index in [0.29, 0.717) is 0 Å².